The molecule has 0 unspecified atom stereocenters. The molecule has 3 heteroatoms. The smallest absolute Gasteiger partial charge is 0.223 e. The molecular weight excluding hydrogens is 214 g/mol. The Morgan fingerprint density at radius 3 is 2.29 bits per heavy atom. The summed E-state index contributed by atoms with van der Waals surface area (Å²) in [6, 6.07) is 0. The highest BCUT2D eigenvalue weighted by molar-refractivity contribution is 5.89. The summed E-state index contributed by atoms with van der Waals surface area (Å²) < 4.78 is 0. The molecule has 1 fully saturated rings. The van der Waals surface area contributed by atoms with E-state index in [1.165, 1.54) is 0 Å². The van der Waals surface area contributed by atoms with Gasteiger partial charge in [0.2, 0.25) is 5.91 Å². The van der Waals surface area contributed by atoms with Gasteiger partial charge in [-0.25, -0.2) is 0 Å². The van der Waals surface area contributed by atoms with Crippen LogP contribution in [0.4, 0.5) is 0 Å². The zero-order valence-corrected chi connectivity index (χ0v) is 11.3. The quantitative estimate of drug-likeness (QED) is 0.801. The van der Waals surface area contributed by atoms with E-state index in [9.17, 15) is 9.59 Å². The molecule has 1 aliphatic rings. The van der Waals surface area contributed by atoms with Crippen LogP contribution in [0.2, 0.25) is 0 Å². The third-order valence-electron chi connectivity index (χ3n) is 3.59. The third kappa shape index (κ3) is 3.83. The minimum absolute atomic E-state index is 0.0411. The highest BCUT2D eigenvalue weighted by Gasteiger charge is 2.35. The van der Waals surface area contributed by atoms with Gasteiger partial charge in [-0.15, -0.1) is 0 Å². The van der Waals surface area contributed by atoms with Gasteiger partial charge in [-0.05, 0) is 19.3 Å². The number of amides is 1. The molecule has 0 aliphatic heterocycles. The highest BCUT2D eigenvalue weighted by atomic mass is 16.2. The maximum Gasteiger partial charge on any atom is 0.223 e. The average Bonchev–Trinajstić information content (AvgIpc) is 2.34. The van der Waals surface area contributed by atoms with Crippen molar-refractivity contribution >= 4 is 11.7 Å². The maximum atomic E-state index is 12.1. The van der Waals surface area contributed by atoms with Crippen molar-refractivity contribution in [2.75, 3.05) is 6.54 Å². The van der Waals surface area contributed by atoms with E-state index < -0.39 is 0 Å². The normalized spacial score (nSPS) is 24.7. The van der Waals surface area contributed by atoms with Gasteiger partial charge < -0.3 is 5.32 Å². The fourth-order valence-electron chi connectivity index (χ4n) is 2.59. The summed E-state index contributed by atoms with van der Waals surface area (Å²) in [6.45, 7) is 6.62. The molecule has 0 aromatic carbocycles. The molecule has 1 amide bonds. The minimum Gasteiger partial charge on any atom is -0.356 e. The van der Waals surface area contributed by atoms with Crippen LogP contribution in [0.25, 0.3) is 0 Å². The van der Waals surface area contributed by atoms with E-state index in [0.717, 1.165) is 38.6 Å². The van der Waals surface area contributed by atoms with Crippen molar-refractivity contribution in [2.45, 2.75) is 52.9 Å². The lowest BCUT2D eigenvalue weighted by molar-refractivity contribution is -0.137. The van der Waals surface area contributed by atoms with Crippen molar-refractivity contribution in [2.24, 2.45) is 17.8 Å². The Morgan fingerprint density at radius 1 is 1.18 bits per heavy atom. The van der Waals surface area contributed by atoms with Gasteiger partial charge in [0.05, 0.1) is 0 Å². The van der Waals surface area contributed by atoms with E-state index in [-0.39, 0.29) is 29.4 Å². The first-order chi connectivity index (χ1) is 8.07. The predicted molar refractivity (Wildman–Crippen MR) is 68.6 cm³/mol. The molecule has 0 bridgehead atoms. The minimum atomic E-state index is -0.0785. The number of ketones is 1. The first-order valence-electron chi connectivity index (χ1n) is 6.89. The number of carbonyl (C=O) groups excluding carboxylic acids is 2. The van der Waals surface area contributed by atoms with Crippen LogP contribution in [0.15, 0.2) is 0 Å². The SMILES string of the molecule is CCCNC(=O)[C@@H]1CCCC[C@@H]1C(=O)C(C)C. The van der Waals surface area contributed by atoms with Gasteiger partial charge in [0.25, 0.3) is 0 Å². The zero-order valence-electron chi connectivity index (χ0n) is 11.3. The van der Waals surface area contributed by atoms with Crippen LogP contribution in [0.5, 0.6) is 0 Å². The third-order valence-corrected chi connectivity index (χ3v) is 3.59. The molecule has 1 aliphatic carbocycles. The Morgan fingerprint density at radius 2 is 1.76 bits per heavy atom. The van der Waals surface area contributed by atoms with Gasteiger partial charge in [0, 0.05) is 24.3 Å². The number of Topliss-reactive ketones (excluding diaryl/α,β-unsaturated/α-hetero) is 1. The number of nitrogens with one attached hydrogen (secondary N) is 1. The largest absolute Gasteiger partial charge is 0.356 e. The lowest BCUT2D eigenvalue weighted by Gasteiger charge is -2.30. The Balaban J connectivity index is 2.65. The summed E-state index contributed by atoms with van der Waals surface area (Å²) in [6.07, 6.45) is 4.87. The van der Waals surface area contributed by atoms with E-state index in [4.69, 9.17) is 0 Å². The van der Waals surface area contributed by atoms with Crippen molar-refractivity contribution in [3.8, 4) is 0 Å². The molecule has 0 spiro atoms. The standard InChI is InChI=1S/C14H25NO2/c1-4-9-15-14(17)12-8-6-5-7-11(12)13(16)10(2)3/h10-12H,4-9H2,1-3H3,(H,15,17)/t11-,12+/m0/s1. The zero-order chi connectivity index (χ0) is 12.8. The van der Waals surface area contributed by atoms with Crippen LogP contribution in [0.1, 0.15) is 52.9 Å². The fraction of sp³-hybridized carbons (Fsp3) is 0.857. The second-order valence-electron chi connectivity index (χ2n) is 5.35. The summed E-state index contributed by atoms with van der Waals surface area (Å²) in [7, 11) is 0. The van der Waals surface area contributed by atoms with Crippen LogP contribution in [0, 0.1) is 17.8 Å². The van der Waals surface area contributed by atoms with Crippen LogP contribution in [-0.4, -0.2) is 18.2 Å². The van der Waals surface area contributed by atoms with Crippen molar-refractivity contribution < 1.29 is 9.59 Å². The maximum absolute atomic E-state index is 12.1. The Bertz CT molecular complexity index is 273. The molecule has 1 N–H and O–H groups in total. The Kier molecular flexibility index (Phi) is 5.66. The monoisotopic (exact) mass is 239 g/mol. The van der Waals surface area contributed by atoms with Gasteiger partial charge in [0.1, 0.15) is 5.78 Å². The van der Waals surface area contributed by atoms with Gasteiger partial charge in [-0.2, -0.15) is 0 Å². The molecule has 0 heterocycles. The second-order valence-corrected chi connectivity index (χ2v) is 5.35. The molecule has 98 valence electrons. The number of carbonyl (C=O) groups is 2. The molecule has 1 saturated carbocycles. The van der Waals surface area contributed by atoms with E-state index in [1.807, 2.05) is 20.8 Å². The Labute approximate surface area is 104 Å². The van der Waals surface area contributed by atoms with Gasteiger partial charge >= 0.3 is 0 Å². The van der Waals surface area contributed by atoms with Crippen LogP contribution < -0.4 is 5.32 Å². The molecule has 17 heavy (non-hydrogen) atoms. The first kappa shape index (κ1) is 14.2. The lowest BCUT2D eigenvalue weighted by Crippen LogP contribution is -2.41. The topological polar surface area (TPSA) is 46.2 Å². The molecule has 0 aromatic heterocycles. The molecule has 0 saturated heterocycles. The first-order valence-corrected chi connectivity index (χ1v) is 6.89. The van der Waals surface area contributed by atoms with Gasteiger partial charge in [-0.3, -0.25) is 9.59 Å². The van der Waals surface area contributed by atoms with Gasteiger partial charge in [-0.1, -0.05) is 33.6 Å². The van der Waals surface area contributed by atoms with E-state index in [1.54, 1.807) is 0 Å². The second kappa shape index (κ2) is 6.77. The van der Waals surface area contributed by atoms with Crippen molar-refractivity contribution in [1.82, 2.24) is 5.32 Å². The van der Waals surface area contributed by atoms with Crippen molar-refractivity contribution in [3.63, 3.8) is 0 Å². The van der Waals surface area contributed by atoms with Gasteiger partial charge in [0.15, 0.2) is 0 Å². The van der Waals surface area contributed by atoms with Crippen LogP contribution in [0.3, 0.4) is 0 Å². The number of hydrogen-bond donors (Lipinski definition) is 1. The summed E-state index contributed by atoms with van der Waals surface area (Å²) in [5.74, 6) is 0.275. The highest BCUT2D eigenvalue weighted by Crippen LogP contribution is 2.32. The van der Waals surface area contributed by atoms with Crippen molar-refractivity contribution in [3.05, 3.63) is 0 Å². The van der Waals surface area contributed by atoms with Crippen molar-refractivity contribution in [1.29, 1.82) is 0 Å². The predicted octanol–water partition coefficient (Wildman–Crippen LogP) is 2.54. The summed E-state index contributed by atoms with van der Waals surface area (Å²) in [5, 5.41) is 2.93. The molecule has 1 rings (SSSR count). The molecule has 0 radical (unpaired) electrons. The summed E-state index contributed by atoms with van der Waals surface area (Å²) >= 11 is 0. The van der Waals surface area contributed by atoms with Crippen LogP contribution >= 0.6 is 0 Å². The molecule has 0 aromatic rings. The van der Waals surface area contributed by atoms with E-state index in [0.29, 0.717) is 0 Å². The number of rotatable bonds is 5. The summed E-state index contributed by atoms with van der Waals surface area (Å²) in [4.78, 5) is 24.1. The van der Waals surface area contributed by atoms with Crippen LogP contribution in [-0.2, 0) is 9.59 Å². The molecular formula is C14H25NO2. The van der Waals surface area contributed by atoms with E-state index >= 15 is 0 Å². The fourth-order valence-corrected chi connectivity index (χ4v) is 2.59. The average molecular weight is 239 g/mol. The summed E-state index contributed by atoms with van der Waals surface area (Å²) in [5.41, 5.74) is 0. The Hall–Kier alpha value is -0.860. The molecule has 3 nitrogen and oxygen atoms in total. The number of hydrogen-bond acceptors (Lipinski definition) is 2. The molecule has 2 atom stereocenters. The lowest BCUT2D eigenvalue weighted by atomic mass is 9.74. The van der Waals surface area contributed by atoms with E-state index in [2.05, 4.69) is 5.32 Å².